The molecule has 0 bridgehead atoms. The van der Waals surface area contributed by atoms with Crippen molar-refractivity contribution in [2.75, 3.05) is 26.2 Å². The molecule has 1 aliphatic rings. The molecule has 0 radical (unpaired) electrons. The fourth-order valence-electron chi connectivity index (χ4n) is 4.92. The quantitative estimate of drug-likeness (QED) is 0.295. The Morgan fingerprint density at radius 2 is 1.82 bits per heavy atom. The van der Waals surface area contributed by atoms with Crippen molar-refractivity contribution in [3.05, 3.63) is 89.7 Å². The number of carbonyl (C=O) groups excluding carboxylic acids is 1. The van der Waals surface area contributed by atoms with Gasteiger partial charge in [0.2, 0.25) is 0 Å². The normalized spacial score (nSPS) is 13.9. The molecule has 0 atom stereocenters. The number of nitrogens with zero attached hydrogens (tertiary/aromatic N) is 1. The van der Waals surface area contributed by atoms with Gasteiger partial charge in [0.25, 0.3) is 5.91 Å². The summed E-state index contributed by atoms with van der Waals surface area (Å²) in [5.41, 5.74) is 2.49. The number of nitrogens with one attached hydrogen (secondary N) is 1. The molecule has 1 amide bonds. The minimum absolute atomic E-state index is 0.0809. The zero-order chi connectivity index (χ0) is 27.4. The Morgan fingerprint density at radius 3 is 2.56 bits per heavy atom. The molecule has 2 heterocycles. The third-order valence-corrected chi connectivity index (χ3v) is 6.92. The van der Waals surface area contributed by atoms with Crippen LogP contribution in [0.1, 0.15) is 28.8 Å². The third kappa shape index (κ3) is 6.09. The number of amides is 1. The lowest BCUT2D eigenvalue weighted by Gasteiger charge is -2.29. The Balaban J connectivity index is 1.26. The SMILES string of the molecule is O=C(O)CN(CC1CCNCC1)C(=O)c1cccc(COc2ccc(-c3cc(F)c(F)c4ccoc34)cc2)c1. The van der Waals surface area contributed by atoms with Crippen molar-refractivity contribution in [3.8, 4) is 16.9 Å². The number of hydrogen-bond acceptors (Lipinski definition) is 5. The van der Waals surface area contributed by atoms with Crippen LogP contribution in [0, 0.1) is 17.6 Å². The van der Waals surface area contributed by atoms with Crippen LogP contribution in [-0.2, 0) is 11.4 Å². The standard InChI is InChI=1S/C30H28F2N2O5/c31-26-15-25(29-24(28(26)32)10-13-38-29)21-4-6-23(7-5-21)39-18-20-2-1-3-22(14-20)30(37)34(17-27(35)36)16-19-8-11-33-12-9-19/h1-7,10,13-15,19,33H,8-9,11-12,16-18H2,(H,35,36). The Morgan fingerprint density at radius 1 is 1.05 bits per heavy atom. The fourth-order valence-corrected chi connectivity index (χ4v) is 4.92. The van der Waals surface area contributed by atoms with Gasteiger partial charge >= 0.3 is 5.97 Å². The fraction of sp³-hybridized carbons (Fsp3) is 0.267. The van der Waals surface area contributed by atoms with Gasteiger partial charge in [-0.3, -0.25) is 9.59 Å². The van der Waals surface area contributed by atoms with Gasteiger partial charge in [0.05, 0.1) is 11.6 Å². The highest BCUT2D eigenvalue weighted by Gasteiger charge is 2.24. The molecule has 9 heteroatoms. The largest absolute Gasteiger partial charge is 0.489 e. The van der Waals surface area contributed by atoms with E-state index in [0.29, 0.717) is 29.0 Å². The lowest BCUT2D eigenvalue weighted by Crippen LogP contribution is -2.41. The highest BCUT2D eigenvalue weighted by molar-refractivity contribution is 5.96. The summed E-state index contributed by atoms with van der Waals surface area (Å²) >= 11 is 0. The van der Waals surface area contributed by atoms with Crippen LogP contribution in [-0.4, -0.2) is 48.1 Å². The first-order valence-electron chi connectivity index (χ1n) is 12.8. The van der Waals surface area contributed by atoms with Crippen molar-refractivity contribution >= 4 is 22.8 Å². The lowest BCUT2D eigenvalue weighted by molar-refractivity contribution is -0.137. The lowest BCUT2D eigenvalue weighted by atomic mass is 9.97. The van der Waals surface area contributed by atoms with Crippen LogP contribution in [0.15, 0.2) is 71.3 Å². The molecule has 1 aromatic heterocycles. The van der Waals surface area contributed by atoms with E-state index in [1.165, 1.54) is 17.2 Å². The summed E-state index contributed by atoms with van der Waals surface area (Å²) in [6, 6.07) is 16.4. The predicted octanol–water partition coefficient (Wildman–Crippen LogP) is 5.48. The molecule has 39 heavy (non-hydrogen) atoms. The van der Waals surface area contributed by atoms with E-state index in [4.69, 9.17) is 9.15 Å². The van der Waals surface area contributed by atoms with E-state index in [0.717, 1.165) is 37.6 Å². The molecular formula is C30H28F2N2O5. The van der Waals surface area contributed by atoms with Crippen LogP contribution >= 0.6 is 0 Å². The molecule has 1 aliphatic heterocycles. The van der Waals surface area contributed by atoms with E-state index in [9.17, 15) is 23.5 Å². The molecule has 1 saturated heterocycles. The van der Waals surface area contributed by atoms with E-state index in [2.05, 4.69) is 5.32 Å². The second-order valence-corrected chi connectivity index (χ2v) is 9.67. The molecule has 7 nitrogen and oxygen atoms in total. The minimum atomic E-state index is -1.05. The maximum Gasteiger partial charge on any atom is 0.323 e. The summed E-state index contributed by atoms with van der Waals surface area (Å²) < 4.78 is 39.4. The number of furan rings is 1. The highest BCUT2D eigenvalue weighted by Crippen LogP contribution is 2.33. The van der Waals surface area contributed by atoms with E-state index in [-0.39, 0.29) is 35.9 Å². The van der Waals surface area contributed by atoms with E-state index < -0.39 is 17.6 Å². The van der Waals surface area contributed by atoms with Crippen molar-refractivity contribution < 1.29 is 32.6 Å². The molecule has 0 spiro atoms. The van der Waals surface area contributed by atoms with Crippen LogP contribution < -0.4 is 10.1 Å². The zero-order valence-electron chi connectivity index (χ0n) is 21.2. The van der Waals surface area contributed by atoms with Crippen LogP contribution in [0.2, 0.25) is 0 Å². The number of carbonyl (C=O) groups is 2. The number of fused-ring (bicyclic) bond motifs is 1. The molecular weight excluding hydrogens is 506 g/mol. The average Bonchev–Trinajstić information content (AvgIpc) is 3.44. The van der Waals surface area contributed by atoms with Crippen LogP contribution in [0.25, 0.3) is 22.1 Å². The van der Waals surface area contributed by atoms with Crippen LogP contribution in [0.4, 0.5) is 8.78 Å². The summed E-state index contributed by atoms with van der Waals surface area (Å²) in [6.45, 7) is 1.96. The Kier molecular flexibility index (Phi) is 7.88. The topological polar surface area (TPSA) is 92.0 Å². The summed E-state index contributed by atoms with van der Waals surface area (Å²) in [5, 5.41) is 12.7. The van der Waals surface area contributed by atoms with Gasteiger partial charge in [-0.15, -0.1) is 0 Å². The first kappa shape index (κ1) is 26.4. The van der Waals surface area contributed by atoms with Crippen LogP contribution in [0.3, 0.4) is 0 Å². The molecule has 2 N–H and O–H groups in total. The maximum absolute atomic E-state index is 14.1. The van der Waals surface area contributed by atoms with Gasteiger partial charge in [0, 0.05) is 17.7 Å². The number of hydrogen-bond donors (Lipinski definition) is 2. The summed E-state index contributed by atoms with van der Waals surface area (Å²) in [7, 11) is 0. The number of halogens is 2. The Bertz CT molecular complexity index is 1480. The molecule has 5 rings (SSSR count). The van der Waals surface area contributed by atoms with Gasteiger partial charge in [-0.25, -0.2) is 8.78 Å². The summed E-state index contributed by atoms with van der Waals surface area (Å²) in [5.74, 6) is -2.45. The average molecular weight is 535 g/mol. The van der Waals surface area contributed by atoms with Gasteiger partial charge in [-0.05, 0) is 79.4 Å². The molecule has 1 fully saturated rings. The number of ether oxygens (including phenoxy) is 1. The summed E-state index contributed by atoms with van der Waals surface area (Å²) in [4.78, 5) is 26.1. The summed E-state index contributed by atoms with van der Waals surface area (Å²) in [6.07, 6.45) is 3.12. The van der Waals surface area contributed by atoms with Gasteiger partial charge in [0.1, 0.15) is 24.5 Å². The molecule has 3 aromatic carbocycles. The monoisotopic (exact) mass is 534 g/mol. The maximum atomic E-state index is 14.1. The molecule has 202 valence electrons. The number of carboxylic acid groups (broad SMARTS) is 1. The van der Waals surface area contributed by atoms with Crippen molar-refractivity contribution in [2.24, 2.45) is 5.92 Å². The number of carboxylic acids is 1. The Labute approximate surface area is 224 Å². The van der Waals surface area contributed by atoms with Gasteiger partial charge < -0.3 is 24.5 Å². The molecule has 4 aromatic rings. The smallest absolute Gasteiger partial charge is 0.323 e. The van der Waals surface area contributed by atoms with Crippen molar-refractivity contribution in [3.63, 3.8) is 0 Å². The van der Waals surface area contributed by atoms with Gasteiger partial charge in [-0.1, -0.05) is 24.3 Å². The predicted molar refractivity (Wildman–Crippen MR) is 141 cm³/mol. The number of aliphatic carboxylic acids is 1. The number of benzene rings is 3. The second-order valence-electron chi connectivity index (χ2n) is 9.67. The van der Waals surface area contributed by atoms with E-state index in [1.807, 2.05) is 6.07 Å². The molecule has 0 unspecified atom stereocenters. The molecule has 0 saturated carbocycles. The third-order valence-electron chi connectivity index (χ3n) is 6.92. The Hall–Kier alpha value is -4.24. The van der Waals surface area contributed by atoms with Crippen LogP contribution in [0.5, 0.6) is 5.75 Å². The highest BCUT2D eigenvalue weighted by atomic mass is 19.2. The zero-order valence-corrected chi connectivity index (χ0v) is 21.2. The minimum Gasteiger partial charge on any atom is -0.489 e. The first-order valence-corrected chi connectivity index (χ1v) is 12.8. The van der Waals surface area contributed by atoms with Crippen molar-refractivity contribution in [1.29, 1.82) is 0 Å². The van der Waals surface area contributed by atoms with Crippen molar-refractivity contribution in [2.45, 2.75) is 19.4 Å². The number of piperidine rings is 1. The molecule has 0 aliphatic carbocycles. The van der Waals surface area contributed by atoms with Gasteiger partial charge in [0.15, 0.2) is 11.6 Å². The number of rotatable bonds is 9. The van der Waals surface area contributed by atoms with Gasteiger partial charge in [-0.2, -0.15) is 0 Å². The van der Waals surface area contributed by atoms with E-state index >= 15 is 0 Å². The second kappa shape index (κ2) is 11.7. The van der Waals surface area contributed by atoms with E-state index in [1.54, 1.807) is 42.5 Å². The van der Waals surface area contributed by atoms with Crippen molar-refractivity contribution in [1.82, 2.24) is 10.2 Å². The first-order chi connectivity index (χ1) is 18.9.